The Bertz CT molecular complexity index is 503. The van der Waals surface area contributed by atoms with Gasteiger partial charge in [0.1, 0.15) is 54.9 Å². The Labute approximate surface area is 147 Å². The van der Waals surface area contributed by atoms with Crippen molar-refractivity contribution < 1.29 is 63.7 Å². The number of aliphatic hydroxyl groups excluding tert-OH is 7. The van der Waals surface area contributed by atoms with Gasteiger partial charge in [-0.2, -0.15) is 0 Å². The Morgan fingerprint density at radius 3 is 1.81 bits per heavy atom. The highest BCUT2D eigenvalue weighted by Crippen LogP contribution is 2.47. The molecule has 154 valence electrons. The summed E-state index contributed by atoms with van der Waals surface area (Å²) in [6, 6.07) is 0. The predicted molar refractivity (Wildman–Crippen MR) is 78.4 cm³/mol. The second kappa shape index (κ2) is 8.41. The lowest BCUT2D eigenvalue weighted by Crippen LogP contribution is -2.64. The molecule has 0 aromatic rings. The topological polar surface area (TPSA) is 216 Å². The predicted octanol–water partition coefficient (Wildman–Crippen LogP) is -4.60. The summed E-state index contributed by atoms with van der Waals surface area (Å²) >= 11 is 0. The van der Waals surface area contributed by atoms with E-state index in [2.05, 4.69) is 9.05 Å². The first kappa shape index (κ1) is 22.0. The van der Waals surface area contributed by atoms with Gasteiger partial charge in [0.25, 0.3) is 0 Å². The van der Waals surface area contributed by atoms with Crippen LogP contribution >= 0.6 is 7.82 Å². The maximum atomic E-state index is 12.0. The second-order valence-electron chi connectivity index (χ2n) is 6.05. The number of hydrogen-bond donors (Lipinski definition) is 8. The first-order valence-corrected chi connectivity index (χ1v) is 9.10. The van der Waals surface area contributed by atoms with Crippen LogP contribution in [0.1, 0.15) is 0 Å². The van der Waals surface area contributed by atoms with Crippen LogP contribution in [-0.2, 0) is 23.1 Å². The smallest absolute Gasteiger partial charge is 0.387 e. The maximum absolute atomic E-state index is 12.0. The van der Waals surface area contributed by atoms with Gasteiger partial charge in [-0.25, -0.2) is 4.57 Å². The van der Waals surface area contributed by atoms with Crippen molar-refractivity contribution in [1.82, 2.24) is 0 Å². The molecule has 0 aromatic heterocycles. The quantitative estimate of drug-likeness (QED) is 0.195. The molecule has 11 atom stereocenters. The Morgan fingerprint density at radius 1 is 0.846 bits per heavy atom. The summed E-state index contributed by atoms with van der Waals surface area (Å²) < 4.78 is 31.0. The van der Waals surface area contributed by atoms with E-state index in [0.717, 1.165) is 0 Å². The van der Waals surface area contributed by atoms with Crippen molar-refractivity contribution in [2.24, 2.45) is 0 Å². The maximum Gasteiger partial charge on any atom is 0.472 e. The molecule has 1 saturated carbocycles. The van der Waals surface area contributed by atoms with E-state index in [1.54, 1.807) is 0 Å². The molecule has 0 bridgehead atoms. The molecular formula is C12H23O13P. The lowest BCUT2D eigenvalue weighted by Gasteiger charge is -2.41. The molecule has 14 heteroatoms. The van der Waals surface area contributed by atoms with Crippen molar-refractivity contribution in [3.8, 4) is 0 Å². The highest BCUT2D eigenvalue weighted by atomic mass is 31.2. The fourth-order valence-electron chi connectivity index (χ4n) is 2.72. The summed E-state index contributed by atoms with van der Waals surface area (Å²) in [4.78, 5) is 9.71. The zero-order valence-corrected chi connectivity index (χ0v) is 14.4. The third-order valence-electron chi connectivity index (χ3n) is 4.28. The van der Waals surface area contributed by atoms with Crippen LogP contribution < -0.4 is 0 Å². The molecule has 8 N–H and O–H groups in total. The minimum Gasteiger partial charge on any atom is -0.387 e. The number of hydrogen-bond acceptors (Lipinski definition) is 12. The van der Waals surface area contributed by atoms with Gasteiger partial charge in [0.15, 0.2) is 6.29 Å². The van der Waals surface area contributed by atoms with Crippen molar-refractivity contribution in [1.29, 1.82) is 0 Å². The highest BCUT2D eigenvalue weighted by Gasteiger charge is 2.51. The van der Waals surface area contributed by atoms with Crippen molar-refractivity contribution in [3.63, 3.8) is 0 Å². The van der Waals surface area contributed by atoms with Crippen LogP contribution in [0, 0.1) is 0 Å². The number of phosphoric ester groups is 1. The van der Waals surface area contributed by atoms with Gasteiger partial charge in [0.2, 0.25) is 0 Å². The van der Waals surface area contributed by atoms with Crippen LogP contribution in [0.15, 0.2) is 0 Å². The third kappa shape index (κ3) is 4.42. The molecular weight excluding hydrogens is 383 g/mol. The molecule has 2 rings (SSSR count). The van der Waals surface area contributed by atoms with Gasteiger partial charge in [0.05, 0.1) is 6.61 Å². The van der Waals surface area contributed by atoms with Gasteiger partial charge in [-0.1, -0.05) is 0 Å². The summed E-state index contributed by atoms with van der Waals surface area (Å²) in [5, 5.41) is 67.5. The van der Waals surface area contributed by atoms with E-state index >= 15 is 0 Å². The van der Waals surface area contributed by atoms with Crippen LogP contribution in [0.2, 0.25) is 0 Å². The molecule has 2 fully saturated rings. The van der Waals surface area contributed by atoms with Gasteiger partial charge in [-0.05, 0) is 0 Å². The third-order valence-corrected chi connectivity index (χ3v) is 5.27. The molecule has 1 aliphatic heterocycles. The van der Waals surface area contributed by atoms with E-state index in [0.29, 0.717) is 0 Å². The van der Waals surface area contributed by atoms with Gasteiger partial charge < -0.3 is 50.1 Å². The zero-order chi connectivity index (χ0) is 19.8. The molecule has 0 aromatic carbocycles. The lowest BCUT2D eigenvalue weighted by molar-refractivity contribution is -0.220. The molecule has 26 heavy (non-hydrogen) atoms. The molecule has 3 unspecified atom stereocenters. The van der Waals surface area contributed by atoms with Crippen LogP contribution in [-0.4, -0.2) is 116 Å². The highest BCUT2D eigenvalue weighted by molar-refractivity contribution is 7.47. The van der Waals surface area contributed by atoms with E-state index < -0.39 is 75.7 Å². The Kier molecular flexibility index (Phi) is 7.13. The molecule has 13 nitrogen and oxygen atoms in total. The Morgan fingerprint density at radius 2 is 1.35 bits per heavy atom. The average Bonchev–Trinajstić information content (AvgIpc) is 2.88. The van der Waals surface area contributed by atoms with Gasteiger partial charge in [-0.3, -0.25) is 9.05 Å². The second-order valence-corrected chi connectivity index (χ2v) is 7.45. The largest absolute Gasteiger partial charge is 0.472 e. The first-order valence-electron chi connectivity index (χ1n) is 7.60. The standard InChI is InChI=1S/C12H23O13P/c1-22-12-10(19)4(13)3(24-12)2-23-26(20,21)25-11-8(17)6(15)5(14)7(16)9(11)18/h3-19H,2H2,1H3,(H,20,21)/t3-,4-,5?,6-,7+,8+,9+,10+,11?,12-/m1/s1. The van der Waals surface area contributed by atoms with Crippen LogP contribution in [0.5, 0.6) is 0 Å². The van der Waals surface area contributed by atoms with Crippen molar-refractivity contribution in [2.75, 3.05) is 13.7 Å². The summed E-state index contributed by atoms with van der Waals surface area (Å²) in [6.45, 7) is -0.724. The fourth-order valence-corrected chi connectivity index (χ4v) is 3.67. The average molecular weight is 406 g/mol. The zero-order valence-electron chi connectivity index (χ0n) is 13.5. The van der Waals surface area contributed by atoms with Crippen molar-refractivity contribution >= 4 is 7.82 Å². The summed E-state index contributed by atoms with van der Waals surface area (Å²) in [6.07, 6.45) is -17.1. The van der Waals surface area contributed by atoms with E-state index in [1.807, 2.05) is 0 Å². The van der Waals surface area contributed by atoms with Crippen LogP contribution in [0.25, 0.3) is 0 Å². The normalized spacial score (nSPS) is 49.1. The van der Waals surface area contributed by atoms with Crippen molar-refractivity contribution in [2.45, 2.75) is 61.2 Å². The number of methoxy groups -OCH3 is 1. The van der Waals surface area contributed by atoms with Gasteiger partial charge >= 0.3 is 7.82 Å². The number of phosphoric acid groups is 1. The molecule has 1 aliphatic carbocycles. The summed E-state index contributed by atoms with van der Waals surface area (Å²) in [5.74, 6) is 0. The molecule has 0 amide bonds. The van der Waals surface area contributed by atoms with Crippen molar-refractivity contribution in [3.05, 3.63) is 0 Å². The summed E-state index contributed by atoms with van der Waals surface area (Å²) in [5.41, 5.74) is 0. The molecule has 1 heterocycles. The molecule has 0 radical (unpaired) electrons. The first-order chi connectivity index (χ1) is 12.0. The summed E-state index contributed by atoms with van der Waals surface area (Å²) in [7, 11) is -3.76. The molecule has 0 spiro atoms. The van der Waals surface area contributed by atoms with E-state index in [9.17, 15) is 45.2 Å². The van der Waals surface area contributed by atoms with E-state index in [1.165, 1.54) is 7.11 Å². The molecule has 2 aliphatic rings. The minimum atomic E-state index is -4.97. The molecule has 1 saturated heterocycles. The van der Waals surface area contributed by atoms with Crippen LogP contribution in [0.3, 0.4) is 0 Å². The van der Waals surface area contributed by atoms with E-state index in [4.69, 9.17) is 9.47 Å². The van der Waals surface area contributed by atoms with Crippen LogP contribution in [0.4, 0.5) is 0 Å². The SMILES string of the molecule is CO[C@@H]1O[C@H](COP(=O)(O)OC2[C@@H](O)[C@H](O)C(O)[C@H](O)[C@@H]2O)[C@@H](O)[C@@H]1O. The Balaban J connectivity index is 1.97. The number of ether oxygens (including phenoxy) is 2. The number of rotatable bonds is 6. The lowest BCUT2D eigenvalue weighted by atomic mass is 9.85. The monoisotopic (exact) mass is 406 g/mol. The Hall–Kier alpha value is -0.250. The minimum absolute atomic E-state index is 0.724. The fraction of sp³-hybridized carbons (Fsp3) is 1.00. The van der Waals surface area contributed by atoms with Gasteiger partial charge in [-0.15, -0.1) is 0 Å². The number of aliphatic hydroxyl groups is 7. The van der Waals surface area contributed by atoms with Gasteiger partial charge in [0, 0.05) is 7.11 Å². The van der Waals surface area contributed by atoms with E-state index in [-0.39, 0.29) is 0 Å².